The molecule has 0 aliphatic carbocycles. The van der Waals surface area contributed by atoms with Gasteiger partial charge < -0.3 is 16.0 Å². The van der Waals surface area contributed by atoms with Crippen molar-refractivity contribution in [3.05, 3.63) is 65.5 Å². The largest absolute Gasteiger partial charge is 0.393 e. The lowest BCUT2D eigenvalue weighted by Gasteiger charge is -2.31. The quantitative estimate of drug-likeness (QED) is 0.731. The number of nitrogens with one attached hydrogen (secondary N) is 1. The fourth-order valence-electron chi connectivity index (χ4n) is 3.54. The van der Waals surface area contributed by atoms with Crippen LogP contribution in [-0.2, 0) is 6.42 Å². The van der Waals surface area contributed by atoms with E-state index in [2.05, 4.69) is 76.5 Å². The van der Waals surface area contributed by atoms with Gasteiger partial charge in [-0.05, 0) is 49.9 Å². The number of aryl methyl sites for hydroxylation is 3. The van der Waals surface area contributed by atoms with Crippen LogP contribution in [0.1, 0.15) is 23.1 Å². The van der Waals surface area contributed by atoms with Crippen LogP contribution >= 0.6 is 0 Å². The van der Waals surface area contributed by atoms with E-state index in [0.717, 1.165) is 36.5 Å². The van der Waals surface area contributed by atoms with Gasteiger partial charge in [-0.3, -0.25) is 0 Å². The Morgan fingerprint density at radius 3 is 2.77 bits per heavy atom. The molecule has 0 bridgehead atoms. The number of rotatable bonds is 3. The van der Waals surface area contributed by atoms with Crippen molar-refractivity contribution >= 4 is 28.7 Å². The van der Waals surface area contributed by atoms with Crippen molar-refractivity contribution in [2.24, 2.45) is 0 Å². The van der Waals surface area contributed by atoms with Gasteiger partial charge in [0.25, 0.3) is 0 Å². The van der Waals surface area contributed by atoms with Crippen molar-refractivity contribution in [2.75, 3.05) is 22.5 Å². The smallest absolute Gasteiger partial charge is 0.161 e. The SMILES string of the molecule is Cc1ccc(Nc2ncnc(N3CCCc4ccccc43)c2N)c(C)c1. The Bertz CT molecular complexity index is 951. The number of hydrogen-bond acceptors (Lipinski definition) is 5. The van der Waals surface area contributed by atoms with Crippen LogP contribution in [-0.4, -0.2) is 16.5 Å². The molecule has 0 saturated carbocycles. The lowest BCUT2D eigenvalue weighted by atomic mass is 10.0. The van der Waals surface area contributed by atoms with Crippen LogP contribution in [0.5, 0.6) is 0 Å². The molecule has 2 heterocycles. The summed E-state index contributed by atoms with van der Waals surface area (Å²) in [5.41, 5.74) is 13.0. The van der Waals surface area contributed by atoms with Gasteiger partial charge in [0.05, 0.1) is 0 Å². The highest BCUT2D eigenvalue weighted by Gasteiger charge is 2.22. The zero-order chi connectivity index (χ0) is 18.1. The van der Waals surface area contributed by atoms with Gasteiger partial charge in [0.1, 0.15) is 12.0 Å². The number of benzene rings is 2. The normalized spacial score (nSPS) is 13.4. The summed E-state index contributed by atoms with van der Waals surface area (Å²) in [4.78, 5) is 11.1. The molecular formula is C21H23N5. The predicted octanol–water partition coefficient (Wildman–Crippen LogP) is 4.50. The predicted molar refractivity (Wildman–Crippen MR) is 107 cm³/mol. The molecule has 0 radical (unpaired) electrons. The Hall–Kier alpha value is -3.08. The molecule has 26 heavy (non-hydrogen) atoms. The molecule has 1 aliphatic heterocycles. The minimum Gasteiger partial charge on any atom is -0.393 e. The summed E-state index contributed by atoms with van der Waals surface area (Å²) >= 11 is 0. The van der Waals surface area contributed by atoms with Crippen LogP contribution in [0, 0.1) is 13.8 Å². The maximum absolute atomic E-state index is 6.47. The Balaban J connectivity index is 1.71. The van der Waals surface area contributed by atoms with E-state index in [1.165, 1.54) is 16.8 Å². The highest BCUT2D eigenvalue weighted by Crippen LogP contribution is 2.37. The number of nitrogens with two attached hydrogens (primary N) is 1. The Labute approximate surface area is 153 Å². The molecule has 5 nitrogen and oxygen atoms in total. The van der Waals surface area contributed by atoms with E-state index in [9.17, 15) is 0 Å². The average molecular weight is 345 g/mol. The molecular weight excluding hydrogens is 322 g/mol. The lowest BCUT2D eigenvalue weighted by Crippen LogP contribution is -2.26. The zero-order valence-corrected chi connectivity index (χ0v) is 15.2. The van der Waals surface area contributed by atoms with E-state index < -0.39 is 0 Å². The first-order valence-electron chi connectivity index (χ1n) is 8.93. The number of fused-ring (bicyclic) bond motifs is 1. The molecule has 0 fully saturated rings. The topological polar surface area (TPSA) is 67.1 Å². The van der Waals surface area contributed by atoms with Crippen LogP contribution in [0.3, 0.4) is 0 Å². The van der Waals surface area contributed by atoms with Gasteiger partial charge in [-0.2, -0.15) is 0 Å². The molecule has 3 aromatic rings. The maximum atomic E-state index is 6.47. The van der Waals surface area contributed by atoms with Gasteiger partial charge in [-0.1, -0.05) is 35.9 Å². The van der Waals surface area contributed by atoms with Crippen molar-refractivity contribution in [2.45, 2.75) is 26.7 Å². The van der Waals surface area contributed by atoms with Crippen LogP contribution in [0.25, 0.3) is 0 Å². The van der Waals surface area contributed by atoms with Gasteiger partial charge in [0, 0.05) is 17.9 Å². The molecule has 0 atom stereocenters. The van der Waals surface area contributed by atoms with Crippen molar-refractivity contribution in [1.82, 2.24) is 9.97 Å². The highest BCUT2D eigenvalue weighted by atomic mass is 15.2. The van der Waals surface area contributed by atoms with E-state index in [-0.39, 0.29) is 0 Å². The van der Waals surface area contributed by atoms with E-state index in [4.69, 9.17) is 5.73 Å². The van der Waals surface area contributed by atoms with Gasteiger partial charge in [-0.25, -0.2) is 9.97 Å². The van der Waals surface area contributed by atoms with Crippen LogP contribution in [0.4, 0.5) is 28.7 Å². The summed E-state index contributed by atoms with van der Waals surface area (Å²) in [5, 5.41) is 3.37. The van der Waals surface area contributed by atoms with Crippen LogP contribution in [0.15, 0.2) is 48.8 Å². The Morgan fingerprint density at radius 1 is 1.08 bits per heavy atom. The van der Waals surface area contributed by atoms with Crippen molar-refractivity contribution in [3.8, 4) is 0 Å². The zero-order valence-electron chi connectivity index (χ0n) is 15.2. The fourth-order valence-corrected chi connectivity index (χ4v) is 3.54. The molecule has 4 rings (SSSR count). The molecule has 1 aliphatic rings. The third-order valence-electron chi connectivity index (χ3n) is 4.86. The third kappa shape index (κ3) is 2.96. The third-order valence-corrected chi connectivity index (χ3v) is 4.86. The molecule has 3 N–H and O–H groups in total. The molecule has 0 spiro atoms. The molecule has 0 amide bonds. The minimum atomic E-state index is 0.573. The van der Waals surface area contributed by atoms with Crippen LogP contribution < -0.4 is 16.0 Å². The summed E-state index contributed by atoms with van der Waals surface area (Å²) in [7, 11) is 0. The maximum Gasteiger partial charge on any atom is 0.161 e. The standard InChI is InChI=1S/C21H23N5/c1-14-9-10-17(15(2)12-14)25-20-19(22)21(24-13-23-20)26-11-5-7-16-6-3-4-8-18(16)26/h3-4,6,8-10,12-13H,5,7,11,22H2,1-2H3,(H,23,24,25). The second-order valence-electron chi connectivity index (χ2n) is 6.79. The first kappa shape index (κ1) is 16.4. The second kappa shape index (κ2) is 6.67. The minimum absolute atomic E-state index is 0.573. The summed E-state index contributed by atoms with van der Waals surface area (Å²) < 4.78 is 0. The molecule has 0 saturated heterocycles. The van der Waals surface area contributed by atoms with Crippen molar-refractivity contribution < 1.29 is 0 Å². The molecule has 0 unspecified atom stereocenters. The van der Waals surface area contributed by atoms with Gasteiger partial charge in [-0.15, -0.1) is 0 Å². The Morgan fingerprint density at radius 2 is 1.92 bits per heavy atom. The van der Waals surface area contributed by atoms with Gasteiger partial charge in [0.2, 0.25) is 0 Å². The number of nitrogens with zero attached hydrogens (tertiary/aromatic N) is 3. The summed E-state index contributed by atoms with van der Waals surface area (Å²) in [6.07, 6.45) is 3.75. The molecule has 5 heteroatoms. The number of nitrogen functional groups attached to an aromatic ring is 1. The lowest BCUT2D eigenvalue weighted by molar-refractivity contribution is 0.759. The molecule has 1 aromatic heterocycles. The summed E-state index contributed by atoms with van der Waals surface area (Å²) in [6, 6.07) is 14.7. The average Bonchev–Trinajstić information content (AvgIpc) is 2.65. The van der Waals surface area contributed by atoms with Gasteiger partial charge in [0.15, 0.2) is 11.6 Å². The van der Waals surface area contributed by atoms with E-state index in [1.54, 1.807) is 6.33 Å². The first-order chi connectivity index (χ1) is 12.6. The summed E-state index contributed by atoms with van der Waals surface area (Å²) in [5.74, 6) is 1.41. The van der Waals surface area contributed by atoms with Gasteiger partial charge >= 0.3 is 0 Å². The van der Waals surface area contributed by atoms with E-state index >= 15 is 0 Å². The second-order valence-corrected chi connectivity index (χ2v) is 6.79. The number of anilines is 5. The summed E-state index contributed by atoms with van der Waals surface area (Å²) in [6.45, 7) is 5.07. The molecule has 132 valence electrons. The monoisotopic (exact) mass is 345 g/mol. The van der Waals surface area contributed by atoms with Crippen LogP contribution in [0.2, 0.25) is 0 Å². The number of hydrogen-bond donors (Lipinski definition) is 2. The Kier molecular flexibility index (Phi) is 4.21. The van der Waals surface area contributed by atoms with Crippen molar-refractivity contribution in [3.63, 3.8) is 0 Å². The van der Waals surface area contributed by atoms with E-state index in [0.29, 0.717) is 11.5 Å². The van der Waals surface area contributed by atoms with E-state index in [1.807, 2.05) is 0 Å². The number of aromatic nitrogens is 2. The van der Waals surface area contributed by atoms with Crippen molar-refractivity contribution in [1.29, 1.82) is 0 Å². The highest BCUT2D eigenvalue weighted by molar-refractivity contribution is 5.82. The fraction of sp³-hybridized carbons (Fsp3) is 0.238. The first-order valence-corrected chi connectivity index (χ1v) is 8.93. The number of para-hydroxylation sites is 1. The molecule has 2 aromatic carbocycles.